The summed E-state index contributed by atoms with van der Waals surface area (Å²) in [5.41, 5.74) is 0.185. The molecule has 0 unspecified atom stereocenters. The van der Waals surface area contributed by atoms with Gasteiger partial charge in [-0.3, -0.25) is 9.78 Å². The lowest BCUT2D eigenvalue weighted by atomic mass is 9.85. The van der Waals surface area contributed by atoms with Crippen LogP contribution in [0.15, 0.2) is 34.9 Å². The lowest BCUT2D eigenvalue weighted by molar-refractivity contribution is -0.137. The number of halogens is 6. The number of aromatic nitrogens is 2. The topological polar surface area (TPSA) is 46.1 Å². The molecule has 0 bridgehead atoms. The minimum atomic E-state index is -4.48. The number of likely N-dealkylation sites (tertiary alicyclic amines) is 1. The third-order valence-corrected chi connectivity index (χ3v) is 6.02. The predicted molar refractivity (Wildman–Crippen MR) is 108 cm³/mol. The molecule has 10 heteroatoms. The molecule has 2 atom stereocenters. The molecular weight excluding hydrogens is 485 g/mol. The lowest BCUT2D eigenvalue weighted by Crippen LogP contribution is -2.55. The van der Waals surface area contributed by atoms with Gasteiger partial charge in [0.1, 0.15) is 5.69 Å². The van der Waals surface area contributed by atoms with Gasteiger partial charge in [0, 0.05) is 34.5 Å². The van der Waals surface area contributed by atoms with E-state index < -0.39 is 42.1 Å². The maximum atomic E-state index is 14.3. The van der Waals surface area contributed by atoms with E-state index in [2.05, 4.69) is 25.9 Å². The fourth-order valence-corrected chi connectivity index (χ4v) is 4.26. The number of hydrogen-bond acceptors (Lipinski definition) is 3. The third-order valence-electron chi connectivity index (χ3n) is 5.38. The van der Waals surface area contributed by atoms with Crippen LogP contribution in [0.25, 0.3) is 0 Å². The molecule has 4 nitrogen and oxygen atoms in total. The van der Waals surface area contributed by atoms with Crippen LogP contribution in [0.1, 0.15) is 47.2 Å². The Labute approximate surface area is 185 Å². The van der Waals surface area contributed by atoms with Crippen LogP contribution in [0.4, 0.5) is 22.0 Å². The largest absolute Gasteiger partial charge is 0.417 e. The van der Waals surface area contributed by atoms with Crippen molar-refractivity contribution in [2.75, 3.05) is 6.54 Å². The van der Waals surface area contributed by atoms with Gasteiger partial charge in [-0.05, 0) is 65.9 Å². The van der Waals surface area contributed by atoms with E-state index in [1.54, 1.807) is 26.0 Å². The zero-order valence-corrected chi connectivity index (χ0v) is 18.5. The molecule has 0 aliphatic carbocycles. The van der Waals surface area contributed by atoms with Crippen molar-refractivity contribution in [3.05, 3.63) is 57.6 Å². The van der Waals surface area contributed by atoms with Crippen molar-refractivity contribution in [1.29, 1.82) is 0 Å². The molecule has 0 N–H and O–H groups in total. The van der Waals surface area contributed by atoms with Crippen molar-refractivity contribution in [2.45, 2.75) is 51.3 Å². The summed E-state index contributed by atoms with van der Waals surface area (Å²) < 4.78 is 67.2. The van der Waals surface area contributed by atoms with E-state index in [0.717, 1.165) is 17.2 Å². The van der Waals surface area contributed by atoms with Gasteiger partial charge in [-0.1, -0.05) is 6.92 Å². The number of pyridine rings is 2. The summed E-state index contributed by atoms with van der Waals surface area (Å²) in [7, 11) is 0. The summed E-state index contributed by atoms with van der Waals surface area (Å²) in [6.45, 7) is 2.62. The SMILES string of the molecule is Cc1ccc(Br)c(C(=O)N2CC(F)(F)C[C@@H](C)[C@H]2CCc2ccc(C(F)(F)F)cn2)n1. The Morgan fingerprint density at radius 2 is 1.97 bits per heavy atom. The van der Waals surface area contributed by atoms with E-state index >= 15 is 0 Å². The summed E-state index contributed by atoms with van der Waals surface area (Å²) in [5.74, 6) is -4.15. The van der Waals surface area contributed by atoms with Crippen molar-refractivity contribution in [3.63, 3.8) is 0 Å². The highest BCUT2D eigenvalue weighted by atomic mass is 79.9. The second-order valence-corrected chi connectivity index (χ2v) is 8.75. The Balaban J connectivity index is 1.82. The number of alkyl halides is 5. The van der Waals surface area contributed by atoms with Gasteiger partial charge in [0.05, 0.1) is 12.1 Å². The van der Waals surface area contributed by atoms with E-state index in [4.69, 9.17) is 0 Å². The van der Waals surface area contributed by atoms with Crippen LogP contribution in [0, 0.1) is 12.8 Å². The molecule has 31 heavy (non-hydrogen) atoms. The smallest absolute Gasteiger partial charge is 0.328 e. The number of carbonyl (C=O) groups is 1. The van der Waals surface area contributed by atoms with Gasteiger partial charge < -0.3 is 4.90 Å². The standard InChI is InChI=1S/C21H21BrF5N3O/c1-12-9-20(23,24)11-30(19(31)18-16(22)7-3-13(2)29-18)17(12)8-6-15-5-4-14(10-28-15)21(25,26)27/h3-5,7,10,12,17H,6,8-9,11H2,1-2H3/t12-,17-/m1/s1. The van der Waals surface area contributed by atoms with Gasteiger partial charge >= 0.3 is 6.18 Å². The average Bonchev–Trinajstić information content (AvgIpc) is 2.67. The molecule has 1 fully saturated rings. The lowest BCUT2D eigenvalue weighted by Gasteiger charge is -2.43. The third kappa shape index (κ3) is 5.58. The number of rotatable bonds is 4. The quantitative estimate of drug-likeness (QED) is 0.501. The molecule has 0 saturated carbocycles. The number of nitrogens with zero attached hydrogens (tertiary/aromatic N) is 3. The van der Waals surface area contributed by atoms with Crippen molar-refractivity contribution >= 4 is 21.8 Å². The van der Waals surface area contributed by atoms with Crippen LogP contribution in [0.2, 0.25) is 0 Å². The Morgan fingerprint density at radius 1 is 1.26 bits per heavy atom. The molecule has 2 aromatic heterocycles. The molecule has 3 rings (SSSR count). The van der Waals surface area contributed by atoms with Gasteiger partial charge in [-0.25, -0.2) is 13.8 Å². The molecule has 3 heterocycles. The van der Waals surface area contributed by atoms with E-state index in [9.17, 15) is 26.7 Å². The zero-order chi connectivity index (χ0) is 23.0. The first kappa shape index (κ1) is 23.6. The van der Waals surface area contributed by atoms with Crippen LogP contribution in [-0.4, -0.2) is 39.3 Å². The first-order chi connectivity index (χ1) is 14.4. The van der Waals surface area contributed by atoms with E-state index in [-0.39, 0.29) is 18.5 Å². The Morgan fingerprint density at radius 3 is 2.58 bits per heavy atom. The van der Waals surface area contributed by atoms with E-state index in [1.807, 2.05) is 0 Å². The number of aryl methyl sites for hydroxylation is 2. The van der Waals surface area contributed by atoms with Gasteiger partial charge in [-0.15, -0.1) is 0 Å². The fourth-order valence-electron chi connectivity index (χ4n) is 3.87. The Hall–Kier alpha value is -2.10. The minimum Gasteiger partial charge on any atom is -0.328 e. The normalized spacial score (nSPS) is 21.2. The summed E-state index contributed by atoms with van der Waals surface area (Å²) in [4.78, 5) is 22.3. The van der Waals surface area contributed by atoms with Crippen LogP contribution in [-0.2, 0) is 12.6 Å². The van der Waals surface area contributed by atoms with Crippen LogP contribution in [0.3, 0.4) is 0 Å². The molecular formula is C21H21BrF5N3O. The van der Waals surface area contributed by atoms with E-state index in [1.165, 1.54) is 6.07 Å². The molecule has 1 saturated heterocycles. The molecule has 1 aliphatic heterocycles. The van der Waals surface area contributed by atoms with Crippen LogP contribution >= 0.6 is 15.9 Å². The van der Waals surface area contributed by atoms with Gasteiger partial charge in [0.25, 0.3) is 11.8 Å². The highest BCUT2D eigenvalue weighted by Gasteiger charge is 2.46. The van der Waals surface area contributed by atoms with E-state index in [0.29, 0.717) is 22.3 Å². The van der Waals surface area contributed by atoms with Crippen molar-refractivity contribution in [1.82, 2.24) is 14.9 Å². The Kier molecular flexibility index (Phi) is 6.69. The number of amides is 1. The molecule has 2 aromatic rings. The van der Waals surface area contributed by atoms with Gasteiger partial charge in [0.15, 0.2) is 0 Å². The first-order valence-corrected chi connectivity index (χ1v) is 10.5. The van der Waals surface area contributed by atoms with Crippen molar-refractivity contribution in [3.8, 4) is 0 Å². The highest BCUT2D eigenvalue weighted by Crippen LogP contribution is 2.37. The van der Waals surface area contributed by atoms with Crippen LogP contribution < -0.4 is 0 Å². The monoisotopic (exact) mass is 505 g/mol. The number of piperidine rings is 1. The predicted octanol–water partition coefficient (Wildman–Crippen LogP) is 5.69. The van der Waals surface area contributed by atoms with Crippen molar-refractivity contribution < 1.29 is 26.7 Å². The highest BCUT2D eigenvalue weighted by molar-refractivity contribution is 9.10. The maximum Gasteiger partial charge on any atom is 0.417 e. The molecule has 168 valence electrons. The zero-order valence-electron chi connectivity index (χ0n) is 16.9. The first-order valence-electron chi connectivity index (χ1n) is 9.71. The summed E-state index contributed by atoms with van der Waals surface area (Å²) in [5, 5.41) is 0. The molecule has 1 amide bonds. The number of hydrogen-bond donors (Lipinski definition) is 0. The van der Waals surface area contributed by atoms with Gasteiger partial charge in [0.2, 0.25) is 0 Å². The average molecular weight is 506 g/mol. The molecule has 0 radical (unpaired) electrons. The molecule has 1 aliphatic rings. The maximum absolute atomic E-state index is 14.3. The summed E-state index contributed by atoms with van der Waals surface area (Å²) in [6, 6.07) is 5.03. The second-order valence-electron chi connectivity index (χ2n) is 7.90. The second kappa shape index (κ2) is 8.80. The summed E-state index contributed by atoms with van der Waals surface area (Å²) in [6.07, 6.45) is -3.54. The fraction of sp³-hybridized carbons (Fsp3) is 0.476. The van der Waals surface area contributed by atoms with Crippen LogP contribution in [0.5, 0.6) is 0 Å². The molecule has 0 aromatic carbocycles. The summed E-state index contributed by atoms with van der Waals surface area (Å²) >= 11 is 3.26. The van der Waals surface area contributed by atoms with Gasteiger partial charge in [-0.2, -0.15) is 13.2 Å². The molecule has 0 spiro atoms. The Bertz CT molecular complexity index is 949. The number of carbonyl (C=O) groups excluding carboxylic acids is 1. The van der Waals surface area contributed by atoms with Crippen molar-refractivity contribution in [2.24, 2.45) is 5.92 Å². The minimum absolute atomic E-state index is 0.0579.